The summed E-state index contributed by atoms with van der Waals surface area (Å²) >= 11 is 0. The minimum absolute atomic E-state index is 0.00432. The number of ether oxygens (including phenoxy) is 1. The van der Waals surface area contributed by atoms with E-state index in [0.717, 1.165) is 5.01 Å². The third-order valence-corrected chi connectivity index (χ3v) is 1.84. The van der Waals surface area contributed by atoms with Gasteiger partial charge in [0, 0.05) is 0 Å². The first-order valence-corrected chi connectivity index (χ1v) is 4.33. The van der Waals surface area contributed by atoms with Gasteiger partial charge in [-0.3, -0.25) is 14.9 Å². The molecule has 1 aromatic rings. The van der Waals surface area contributed by atoms with Gasteiger partial charge in [0.05, 0.1) is 12.3 Å². The second-order valence-corrected chi connectivity index (χ2v) is 2.95. The van der Waals surface area contributed by atoms with Crippen LogP contribution in [0, 0.1) is 10.1 Å². The van der Waals surface area contributed by atoms with Crippen LogP contribution in [0.1, 0.15) is 5.76 Å². The van der Waals surface area contributed by atoms with Gasteiger partial charge in [-0.25, -0.2) is 5.01 Å². The standard InChI is InChI=1S/C8H7N3O5/c12-7-4-15-5-10(7)9-3-6-1-2-8(16-6)11(13)14/h1-3H,4-5H2. The lowest BCUT2D eigenvalue weighted by Gasteiger charge is -2.03. The summed E-state index contributed by atoms with van der Waals surface area (Å²) in [7, 11) is 0. The van der Waals surface area contributed by atoms with Crippen LogP contribution in [-0.2, 0) is 9.53 Å². The highest BCUT2D eigenvalue weighted by Gasteiger charge is 2.19. The van der Waals surface area contributed by atoms with Crippen molar-refractivity contribution >= 4 is 18.0 Å². The maximum Gasteiger partial charge on any atom is 0.433 e. The Morgan fingerprint density at radius 2 is 2.38 bits per heavy atom. The summed E-state index contributed by atoms with van der Waals surface area (Å²) in [5.74, 6) is -0.436. The lowest BCUT2D eigenvalue weighted by atomic mass is 10.5. The van der Waals surface area contributed by atoms with Crippen molar-refractivity contribution in [3.63, 3.8) is 0 Å². The van der Waals surface area contributed by atoms with Crippen molar-refractivity contribution in [3.8, 4) is 0 Å². The molecule has 16 heavy (non-hydrogen) atoms. The van der Waals surface area contributed by atoms with Gasteiger partial charge in [-0.1, -0.05) is 0 Å². The van der Waals surface area contributed by atoms with E-state index in [-0.39, 0.29) is 30.9 Å². The fourth-order valence-electron chi connectivity index (χ4n) is 1.10. The Morgan fingerprint density at radius 1 is 1.56 bits per heavy atom. The van der Waals surface area contributed by atoms with Gasteiger partial charge < -0.3 is 9.15 Å². The number of carbonyl (C=O) groups is 1. The van der Waals surface area contributed by atoms with Crippen molar-refractivity contribution in [2.24, 2.45) is 5.10 Å². The topological polar surface area (TPSA) is 98.2 Å². The zero-order valence-electron chi connectivity index (χ0n) is 8.03. The van der Waals surface area contributed by atoms with Gasteiger partial charge in [0.1, 0.15) is 18.3 Å². The Labute approximate surface area is 89.2 Å². The lowest BCUT2D eigenvalue weighted by Crippen LogP contribution is -2.19. The van der Waals surface area contributed by atoms with E-state index in [2.05, 4.69) is 5.10 Å². The molecule has 1 fully saturated rings. The first-order valence-electron chi connectivity index (χ1n) is 4.33. The second-order valence-electron chi connectivity index (χ2n) is 2.95. The summed E-state index contributed by atoms with van der Waals surface area (Å²) in [6.07, 6.45) is 1.22. The molecule has 0 unspecified atom stereocenters. The molecular weight excluding hydrogens is 218 g/mol. The Morgan fingerprint density at radius 3 is 2.94 bits per heavy atom. The third-order valence-electron chi connectivity index (χ3n) is 1.84. The van der Waals surface area contributed by atoms with Crippen molar-refractivity contribution in [1.82, 2.24) is 5.01 Å². The summed E-state index contributed by atoms with van der Waals surface area (Å²) in [6.45, 7) is 0.0772. The average molecular weight is 225 g/mol. The zero-order chi connectivity index (χ0) is 11.5. The minimum Gasteiger partial charge on any atom is -0.400 e. The summed E-state index contributed by atoms with van der Waals surface area (Å²) in [5, 5.41) is 15.2. The summed E-state index contributed by atoms with van der Waals surface area (Å²) in [6, 6.07) is 2.60. The number of nitrogens with zero attached hydrogens (tertiary/aromatic N) is 3. The van der Waals surface area contributed by atoms with E-state index in [9.17, 15) is 14.9 Å². The molecule has 0 bridgehead atoms. The Balaban J connectivity index is 2.05. The van der Waals surface area contributed by atoms with Crippen LogP contribution in [-0.4, -0.2) is 35.4 Å². The van der Waals surface area contributed by atoms with E-state index in [0.29, 0.717) is 0 Å². The molecule has 2 heterocycles. The molecule has 0 aliphatic carbocycles. The van der Waals surface area contributed by atoms with Crippen molar-refractivity contribution in [2.45, 2.75) is 0 Å². The van der Waals surface area contributed by atoms with Gasteiger partial charge in [-0.15, -0.1) is 0 Å². The van der Waals surface area contributed by atoms with Gasteiger partial charge in [0.2, 0.25) is 0 Å². The first kappa shape index (κ1) is 10.3. The van der Waals surface area contributed by atoms with Crippen LogP contribution in [0.5, 0.6) is 0 Å². The fourth-order valence-corrected chi connectivity index (χ4v) is 1.10. The normalized spacial score (nSPS) is 16.2. The molecular formula is C8H7N3O5. The molecule has 0 aromatic carbocycles. The third kappa shape index (κ3) is 2.06. The van der Waals surface area contributed by atoms with Crippen LogP contribution in [0.15, 0.2) is 21.7 Å². The van der Waals surface area contributed by atoms with Gasteiger partial charge in [0.15, 0.2) is 5.76 Å². The van der Waals surface area contributed by atoms with Crippen molar-refractivity contribution in [1.29, 1.82) is 0 Å². The Kier molecular flexibility index (Phi) is 2.64. The number of rotatable bonds is 3. The molecule has 1 aliphatic heterocycles. The van der Waals surface area contributed by atoms with Crippen LogP contribution >= 0.6 is 0 Å². The number of hydrogen-bond acceptors (Lipinski definition) is 6. The maximum absolute atomic E-state index is 11.1. The number of hydrogen-bond donors (Lipinski definition) is 0. The first-order chi connectivity index (χ1) is 7.66. The van der Waals surface area contributed by atoms with Gasteiger partial charge in [-0.2, -0.15) is 5.10 Å². The van der Waals surface area contributed by atoms with Crippen LogP contribution < -0.4 is 0 Å². The quantitative estimate of drug-likeness (QED) is 0.419. The van der Waals surface area contributed by atoms with Crippen LogP contribution in [0.25, 0.3) is 0 Å². The predicted octanol–water partition coefficient (Wildman–Crippen LogP) is 0.338. The number of hydrazone groups is 1. The maximum atomic E-state index is 11.1. The number of furan rings is 1. The van der Waals surface area contributed by atoms with Crippen molar-refractivity contribution in [3.05, 3.63) is 28.0 Å². The fraction of sp³-hybridized carbons (Fsp3) is 0.250. The largest absolute Gasteiger partial charge is 0.433 e. The van der Waals surface area contributed by atoms with Gasteiger partial charge in [-0.05, 0) is 6.07 Å². The van der Waals surface area contributed by atoms with Crippen LogP contribution in [0.4, 0.5) is 5.88 Å². The molecule has 0 saturated carbocycles. The summed E-state index contributed by atoms with van der Waals surface area (Å²) < 4.78 is 9.64. The Bertz CT molecular complexity index is 452. The van der Waals surface area contributed by atoms with Gasteiger partial charge in [0.25, 0.3) is 5.91 Å². The molecule has 0 radical (unpaired) electrons. The second kappa shape index (κ2) is 4.11. The highest BCUT2D eigenvalue weighted by molar-refractivity contribution is 5.82. The Hall–Kier alpha value is -2.22. The predicted molar refractivity (Wildman–Crippen MR) is 50.6 cm³/mol. The molecule has 0 atom stereocenters. The number of amides is 1. The molecule has 1 aliphatic rings. The van der Waals surface area contributed by atoms with Gasteiger partial charge >= 0.3 is 5.88 Å². The highest BCUT2D eigenvalue weighted by atomic mass is 16.6. The number of carbonyl (C=O) groups excluding carboxylic acids is 1. The van der Waals surface area contributed by atoms with Crippen molar-refractivity contribution in [2.75, 3.05) is 13.3 Å². The highest BCUT2D eigenvalue weighted by Crippen LogP contribution is 2.14. The molecule has 8 heteroatoms. The number of nitro groups is 1. The van der Waals surface area contributed by atoms with E-state index < -0.39 is 4.92 Å². The smallest absolute Gasteiger partial charge is 0.400 e. The molecule has 8 nitrogen and oxygen atoms in total. The van der Waals surface area contributed by atoms with Crippen LogP contribution in [0.2, 0.25) is 0 Å². The zero-order valence-corrected chi connectivity index (χ0v) is 8.03. The summed E-state index contributed by atoms with van der Waals surface area (Å²) in [5.41, 5.74) is 0. The monoisotopic (exact) mass is 225 g/mol. The summed E-state index contributed by atoms with van der Waals surface area (Å²) in [4.78, 5) is 20.7. The molecule has 1 saturated heterocycles. The molecule has 84 valence electrons. The van der Waals surface area contributed by atoms with Crippen molar-refractivity contribution < 1.29 is 18.9 Å². The van der Waals surface area contributed by atoms with Crippen LogP contribution in [0.3, 0.4) is 0 Å². The molecule has 0 spiro atoms. The van der Waals surface area contributed by atoms with E-state index >= 15 is 0 Å². The average Bonchev–Trinajstić information content (AvgIpc) is 2.83. The molecule has 0 N–H and O–H groups in total. The molecule has 2 rings (SSSR count). The van der Waals surface area contributed by atoms with E-state index in [1.54, 1.807) is 0 Å². The van der Waals surface area contributed by atoms with E-state index in [4.69, 9.17) is 9.15 Å². The molecule has 1 aromatic heterocycles. The SMILES string of the molecule is O=C1COCN1N=Cc1ccc([N+](=O)[O-])o1. The molecule has 1 amide bonds. The van der Waals surface area contributed by atoms with E-state index in [1.165, 1.54) is 18.3 Å². The lowest BCUT2D eigenvalue weighted by molar-refractivity contribution is -0.402. The van der Waals surface area contributed by atoms with E-state index in [1.807, 2.05) is 0 Å². The minimum atomic E-state index is -0.651.